The van der Waals surface area contributed by atoms with Crippen molar-refractivity contribution in [3.8, 4) is 89.5 Å². The van der Waals surface area contributed by atoms with E-state index in [1.54, 1.807) is 0 Å². The first kappa shape index (κ1) is 71.6. The Balaban J connectivity index is 0.000000151. The molecule has 0 N–H and O–H groups in total. The Labute approximate surface area is 703 Å². The van der Waals surface area contributed by atoms with Crippen LogP contribution in [-0.4, -0.2) is 26.3 Å². The van der Waals surface area contributed by atoms with Gasteiger partial charge in [0.05, 0.1) is 50.7 Å². The fourth-order valence-electron chi connectivity index (χ4n) is 19.0. The summed E-state index contributed by atoms with van der Waals surface area (Å²) in [4.78, 5) is 3.69. The number of para-hydroxylation sites is 4. The molecule has 0 radical (unpaired) electrons. The lowest BCUT2D eigenvalue weighted by molar-refractivity contribution is 1.18. The van der Waals surface area contributed by atoms with E-state index in [1.165, 1.54) is 164 Å². The van der Waals surface area contributed by atoms with E-state index in [0.29, 0.717) is 5.69 Å². The van der Waals surface area contributed by atoms with Crippen molar-refractivity contribution >= 4 is 122 Å². The van der Waals surface area contributed by atoms with Crippen LogP contribution in [0.3, 0.4) is 0 Å². The molecule has 4 heterocycles. The monoisotopic (exact) mass is 1560 g/mol. The van der Waals surface area contributed by atoms with Crippen molar-refractivity contribution in [2.24, 2.45) is 0 Å². The first-order valence-corrected chi connectivity index (χ1v) is 43.4. The molecule has 4 aromatic heterocycles. The molecular weight excluding hydrogens is 1480 g/mol. The normalized spacial score (nSPS) is 11.6. The van der Waals surface area contributed by atoms with E-state index in [9.17, 15) is 0 Å². The summed E-state index contributed by atoms with van der Waals surface area (Å²) in [6.07, 6.45) is 0. The van der Waals surface area contributed by atoms with Gasteiger partial charge in [-0.15, -0.1) is 0 Å². The number of hydrogen-bond acceptors (Lipinski definition) is 0. The maximum absolute atomic E-state index is 7.57. The number of nitrogens with zero attached hydrogens (tertiary/aromatic N) is 5. The highest BCUT2D eigenvalue weighted by Crippen LogP contribution is 2.44. The lowest BCUT2D eigenvalue weighted by Crippen LogP contribution is -2.74. The van der Waals surface area contributed by atoms with E-state index in [0.717, 1.165) is 33.8 Å². The third-order valence-corrected chi connectivity index (χ3v) is 29.3. The van der Waals surface area contributed by atoms with Gasteiger partial charge in [-0.1, -0.05) is 334 Å². The third-order valence-electron chi connectivity index (χ3n) is 24.6. The average molecular weight is 1560 g/mol. The minimum atomic E-state index is -2.75. The Morgan fingerprint density at radius 3 is 0.802 bits per heavy atom. The lowest BCUT2D eigenvalue weighted by Gasteiger charge is -2.34. The molecule has 0 aliphatic rings. The predicted molar refractivity (Wildman–Crippen MR) is 513 cm³/mol. The summed E-state index contributed by atoms with van der Waals surface area (Å²) in [5.41, 5.74) is 28.8. The minimum Gasteiger partial charge on any atom is -0.311 e. The van der Waals surface area contributed by atoms with Gasteiger partial charge in [-0.25, -0.2) is 4.85 Å². The first-order valence-electron chi connectivity index (χ1n) is 41.4. The molecule has 19 aromatic carbocycles. The van der Waals surface area contributed by atoms with Crippen LogP contribution in [0.15, 0.2) is 467 Å². The summed E-state index contributed by atoms with van der Waals surface area (Å²) in [5, 5.41) is 15.2. The third kappa shape index (κ3) is 12.5. The summed E-state index contributed by atoms with van der Waals surface area (Å²) in [7, 11) is -2.75. The fraction of sp³-hybridized carbons (Fsp3) is 0. The molecule has 0 spiro atoms. The summed E-state index contributed by atoms with van der Waals surface area (Å²) in [6.45, 7) is 7.57. The average Bonchev–Trinajstić information content (AvgIpc) is 1.71. The van der Waals surface area contributed by atoms with Crippen LogP contribution in [0.5, 0.6) is 0 Å². The predicted octanol–water partition coefficient (Wildman–Crippen LogP) is 27.7. The molecule has 6 heteroatoms. The van der Waals surface area contributed by atoms with Gasteiger partial charge in [0.25, 0.3) is 0 Å². The highest BCUT2D eigenvalue weighted by atomic mass is 28.3. The molecule has 121 heavy (non-hydrogen) atoms. The van der Waals surface area contributed by atoms with Gasteiger partial charge >= 0.3 is 0 Å². The van der Waals surface area contributed by atoms with E-state index >= 15 is 0 Å². The second-order valence-electron chi connectivity index (χ2n) is 31.4. The number of aromatic nitrogens is 4. The Hall–Kier alpha value is -15.9. The van der Waals surface area contributed by atoms with E-state index < -0.39 is 8.07 Å². The Morgan fingerprint density at radius 2 is 0.413 bits per heavy atom. The molecule has 0 saturated heterocycles. The highest BCUT2D eigenvalue weighted by molar-refractivity contribution is 7.20. The topological polar surface area (TPSA) is 24.1 Å². The van der Waals surface area contributed by atoms with Crippen LogP contribution >= 0.6 is 0 Å². The fourth-order valence-corrected chi connectivity index (χ4v) is 23.8. The lowest BCUT2D eigenvalue weighted by atomic mass is 9.97. The molecule has 0 aliphatic heterocycles. The van der Waals surface area contributed by atoms with Gasteiger partial charge in [0.1, 0.15) is 0 Å². The van der Waals surface area contributed by atoms with Gasteiger partial charge in [-0.3, -0.25) is 0 Å². The number of rotatable bonds is 14. The van der Waals surface area contributed by atoms with Crippen LogP contribution in [-0.2, 0) is 0 Å². The molecule has 0 bridgehead atoms. The maximum Gasteiger partial charge on any atom is 0.189 e. The summed E-state index contributed by atoms with van der Waals surface area (Å²) < 4.78 is 9.57. The molecule has 0 amide bonds. The van der Waals surface area contributed by atoms with Crippen molar-refractivity contribution in [2.75, 3.05) is 0 Å². The van der Waals surface area contributed by atoms with Crippen LogP contribution in [0.1, 0.15) is 0 Å². The van der Waals surface area contributed by atoms with Crippen LogP contribution in [0.4, 0.5) is 5.69 Å². The molecule has 566 valence electrons. The van der Waals surface area contributed by atoms with Gasteiger partial charge in [0.2, 0.25) is 0 Å². The van der Waals surface area contributed by atoms with Gasteiger partial charge in [0, 0.05) is 65.8 Å². The molecule has 0 aliphatic carbocycles. The Bertz CT molecular complexity index is 7840. The SMILES string of the molecule is [C-]#[N+]c1cccc(-n2c3ccccc3c3cc(-c4ccc5c(c4)c4ccc(-c6cccc(-c7ccccc7)c6)cc4n5-c4ccccc4)ccc32)c1.c1ccc(-c2cccc(-c3ccc4c5cc(-c6ccc7c(c6)c6ccccc6n7-c6cccc([Si](c7ccccc7)(c7ccccc7)c7ccccc7)c6)ccc5n(-c5ccccc5)c4c3)c2)cc1. The van der Waals surface area contributed by atoms with Crippen molar-refractivity contribution in [1.29, 1.82) is 0 Å². The smallest absolute Gasteiger partial charge is 0.189 e. The van der Waals surface area contributed by atoms with E-state index in [-0.39, 0.29) is 0 Å². The van der Waals surface area contributed by atoms with Gasteiger partial charge in [0.15, 0.2) is 13.8 Å². The van der Waals surface area contributed by atoms with Crippen molar-refractivity contribution in [1.82, 2.24) is 18.3 Å². The molecule has 0 atom stereocenters. The zero-order chi connectivity index (χ0) is 80.3. The van der Waals surface area contributed by atoms with Crippen molar-refractivity contribution < 1.29 is 0 Å². The minimum absolute atomic E-state index is 0.635. The standard InChI is InChI=1S/C66H46N2Si.C49H31N3/c1-6-20-47(21-7-1)48-22-18-23-49(42-48)52-36-39-60-62-44-51(37-40-64(62)67(66(60)45-52)53-24-8-2-9-25-53)50-38-41-65-61(43-50)59-34-16-17-35-63(59)68(65)54-26-19-33-58(46-54)69(55-27-10-3-11-28-55,56-29-12-4-13-30-56)57-31-14-5-15-32-57;1-50-39-16-11-19-41(32-39)52-46-21-9-8-20-42(46)44-29-36(24-27-48(44)52)37-23-26-47-45(30-37)43-25-22-38(31-49(43)51(47)40-17-6-3-7-18-40)35-15-10-14-34(28-35)33-12-4-2-5-13-33/h1-46H;2-32H. The van der Waals surface area contributed by atoms with Crippen LogP contribution in [0.2, 0.25) is 0 Å². The molecular formula is C115H77N5Si. The van der Waals surface area contributed by atoms with Gasteiger partial charge < -0.3 is 18.3 Å². The van der Waals surface area contributed by atoms with Gasteiger partial charge in [-0.2, -0.15) is 0 Å². The summed E-state index contributed by atoms with van der Waals surface area (Å²) in [5.74, 6) is 0. The molecule has 0 fully saturated rings. The van der Waals surface area contributed by atoms with Crippen molar-refractivity contribution in [3.63, 3.8) is 0 Å². The molecule has 23 rings (SSSR count). The molecule has 0 unspecified atom stereocenters. The van der Waals surface area contributed by atoms with E-state index in [1.807, 2.05) is 18.2 Å². The number of benzene rings is 19. The van der Waals surface area contributed by atoms with Crippen molar-refractivity contribution in [2.45, 2.75) is 0 Å². The van der Waals surface area contributed by atoms with Crippen LogP contribution in [0.25, 0.3) is 182 Å². The number of hydrogen-bond donors (Lipinski definition) is 0. The Kier molecular flexibility index (Phi) is 17.9. The second kappa shape index (κ2) is 30.3. The molecule has 0 saturated carbocycles. The zero-order valence-corrected chi connectivity index (χ0v) is 67.2. The quantitative estimate of drug-likeness (QED) is 0.0589. The molecule has 23 aromatic rings. The zero-order valence-electron chi connectivity index (χ0n) is 66.2. The maximum atomic E-state index is 7.57. The van der Waals surface area contributed by atoms with E-state index in [2.05, 4.69) is 472 Å². The second-order valence-corrected chi connectivity index (χ2v) is 35.2. The van der Waals surface area contributed by atoms with Crippen molar-refractivity contribution in [3.05, 3.63) is 479 Å². The first-order chi connectivity index (χ1) is 59.9. The Morgan fingerprint density at radius 1 is 0.157 bits per heavy atom. The van der Waals surface area contributed by atoms with Gasteiger partial charge in [-0.05, 0) is 221 Å². The van der Waals surface area contributed by atoms with E-state index in [4.69, 9.17) is 6.57 Å². The number of fused-ring (bicyclic) bond motifs is 12. The highest BCUT2D eigenvalue weighted by Gasteiger charge is 2.41. The van der Waals surface area contributed by atoms with Crippen LogP contribution < -0.4 is 20.7 Å². The summed E-state index contributed by atoms with van der Waals surface area (Å²) >= 11 is 0. The van der Waals surface area contributed by atoms with Crippen LogP contribution in [0, 0.1) is 6.57 Å². The largest absolute Gasteiger partial charge is 0.311 e. The summed E-state index contributed by atoms with van der Waals surface area (Å²) in [6, 6.07) is 170. The molecule has 5 nitrogen and oxygen atoms in total.